The van der Waals surface area contributed by atoms with E-state index in [-0.39, 0.29) is 6.04 Å². The second kappa shape index (κ2) is 6.53. The number of esters is 1. The normalized spacial score (nSPS) is 9.89. The molecule has 102 valence electrons. The van der Waals surface area contributed by atoms with Gasteiger partial charge in [0, 0.05) is 11.7 Å². The SMILES string of the molecule is COC(=O)c1cccc(NC(=O)C(=O)NC(C)C)c1. The minimum Gasteiger partial charge on any atom is -0.465 e. The van der Waals surface area contributed by atoms with Crippen molar-refractivity contribution in [2.75, 3.05) is 12.4 Å². The summed E-state index contributed by atoms with van der Waals surface area (Å²) in [5.74, 6) is -2.02. The number of carbonyl (C=O) groups is 3. The van der Waals surface area contributed by atoms with Crippen molar-refractivity contribution >= 4 is 23.5 Å². The van der Waals surface area contributed by atoms with Gasteiger partial charge in [-0.05, 0) is 32.0 Å². The average Bonchev–Trinajstić information content (AvgIpc) is 2.37. The van der Waals surface area contributed by atoms with Gasteiger partial charge in [0.2, 0.25) is 0 Å². The van der Waals surface area contributed by atoms with Crippen LogP contribution in [0, 0.1) is 0 Å². The highest BCUT2D eigenvalue weighted by molar-refractivity contribution is 6.39. The highest BCUT2D eigenvalue weighted by Gasteiger charge is 2.15. The molecule has 0 fully saturated rings. The van der Waals surface area contributed by atoms with Crippen LogP contribution in [0.3, 0.4) is 0 Å². The van der Waals surface area contributed by atoms with Crippen molar-refractivity contribution in [1.29, 1.82) is 0 Å². The number of amides is 2. The van der Waals surface area contributed by atoms with E-state index in [0.29, 0.717) is 11.3 Å². The monoisotopic (exact) mass is 264 g/mol. The van der Waals surface area contributed by atoms with Gasteiger partial charge in [0.15, 0.2) is 0 Å². The second-order valence-electron chi connectivity index (χ2n) is 4.15. The van der Waals surface area contributed by atoms with Crippen molar-refractivity contribution in [2.45, 2.75) is 19.9 Å². The molecule has 0 saturated carbocycles. The number of methoxy groups -OCH3 is 1. The summed E-state index contributed by atoms with van der Waals surface area (Å²) in [5, 5.41) is 4.88. The number of ether oxygens (including phenoxy) is 1. The maximum atomic E-state index is 11.6. The summed E-state index contributed by atoms with van der Waals surface area (Å²) in [6.45, 7) is 3.51. The van der Waals surface area contributed by atoms with E-state index in [4.69, 9.17) is 0 Å². The van der Waals surface area contributed by atoms with Gasteiger partial charge in [0.1, 0.15) is 0 Å². The highest BCUT2D eigenvalue weighted by atomic mass is 16.5. The van der Waals surface area contributed by atoms with E-state index in [1.807, 2.05) is 0 Å². The zero-order valence-corrected chi connectivity index (χ0v) is 11.0. The summed E-state index contributed by atoms with van der Waals surface area (Å²) in [5.41, 5.74) is 0.649. The predicted molar refractivity (Wildman–Crippen MR) is 69.7 cm³/mol. The van der Waals surface area contributed by atoms with Crippen molar-refractivity contribution in [3.05, 3.63) is 29.8 Å². The van der Waals surface area contributed by atoms with Crippen LogP contribution in [-0.4, -0.2) is 30.9 Å². The van der Waals surface area contributed by atoms with E-state index >= 15 is 0 Å². The molecule has 1 rings (SSSR count). The Hall–Kier alpha value is -2.37. The van der Waals surface area contributed by atoms with Crippen LogP contribution >= 0.6 is 0 Å². The highest BCUT2D eigenvalue weighted by Crippen LogP contribution is 2.11. The van der Waals surface area contributed by atoms with Crippen molar-refractivity contribution in [2.24, 2.45) is 0 Å². The molecule has 0 heterocycles. The maximum absolute atomic E-state index is 11.6. The smallest absolute Gasteiger partial charge is 0.337 e. The Morgan fingerprint density at radius 1 is 1.16 bits per heavy atom. The van der Waals surface area contributed by atoms with Gasteiger partial charge in [-0.25, -0.2) is 4.79 Å². The molecule has 1 aromatic rings. The lowest BCUT2D eigenvalue weighted by atomic mass is 10.2. The van der Waals surface area contributed by atoms with Crippen molar-refractivity contribution in [3.8, 4) is 0 Å². The Balaban J connectivity index is 2.74. The van der Waals surface area contributed by atoms with Crippen molar-refractivity contribution < 1.29 is 19.1 Å². The number of rotatable bonds is 3. The first kappa shape index (κ1) is 14.7. The molecule has 0 aromatic heterocycles. The number of anilines is 1. The fourth-order valence-electron chi connectivity index (χ4n) is 1.36. The summed E-state index contributed by atoms with van der Waals surface area (Å²) in [6.07, 6.45) is 0. The number of benzene rings is 1. The van der Waals surface area contributed by atoms with Gasteiger partial charge in [-0.15, -0.1) is 0 Å². The van der Waals surface area contributed by atoms with Gasteiger partial charge in [-0.1, -0.05) is 6.07 Å². The molecule has 0 aliphatic heterocycles. The molecule has 0 bridgehead atoms. The van der Waals surface area contributed by atoms with E-state index in [0.717, 1.165) is 0 Å². The van der Waals surface area contributed by atoms with Gasteiger partial charge in [-0.3, -0.25) is 9.59 Å². The fraction of sp³-hybridized carbons (Fsp3) is 0.308. The number of carbonyl (C=O) groups excluding carboxylic acids is 3. The molecule has 0 spiro atoms. The number of nitrogens with one attached hydrogen (secondary N) is 2. The van der Waals surface area contributed by atoms with E-state index in [9.17, 15) is 14.4 Å². The molecular formula is C13H16N2O4. The van der Waals surface area contributed by atoms with Crippen LogP contribution in [0.4, 0.5) is 5.69 Å². The lowest BCUT2D eigenvalue weighted by Gasteiger charge is -2.09. The van der Waals surface area contributed by atoms with Gasteiger partial charge in [-0.2, -0.15) is 0 Å². The number of hydrogen-bond acceptors (Lipinski definition) is 4. The lowest BCUT2D eigenvalue weighted by Crippen LogP contribution is -2.39. The molecule has 19 heavy (non-hydrogen) atoms. The Kier molecular flexibility index (Phi) is 5.05. The molecule has 6 nitrogen and oxygen atoms in total. The molecular weight excluding hydrogens is 248 g/mol. The van der Waals surface area contributed by atoms with E-state index in [1.54, 1.807) is 32.0 Å². The molecule has 0 radical (unpaired) electrons. The molecule has 0 unspecified atom stereocenters. The molecule has 2 amide bonds. The van der Waals surface area contributed by atoms with Gasteiger partial charge >= 0.3 is 17.8 Å². The molecule has 0 aliphatic carbocycles. The van der Waals surface area contributed by atoms with E-state index in [2.05, 4.69) is 15.4 Å². The average molecular weight is 264 g/mol. The van der Waals surface area contributed by atoms with Crippen molar-refractivity contribution in [3.63, 3.8) is 0 Å². The summed E-state index contributed by atoms with van der Waals surface area (Å²) in [6, 6.07) is 6.02. The molecule has 6 heteroatoms. The zero-order valence-electron chi connectivity index (χ0n) is 11.0. The summed E-state index contributed by atoms with van der Waals surface area (Å²) < 4.78 is 4.57. The lowest BCUT2D eigenvalue weighted by molar-refractivity contribution is -0.136. The van der Waals surface area contributed by atoms with Crippen LogP contribution in [0.2, 0.25) is 0 Å². The zero-order chi connectivity index (χ0) is 14.4. The first-order valence-electron chi connectivity index (χ1n) is 5.74. The van der Waals surface area contributed by atoms with E-state index in [1.165, 1.54) is 13.2 Å². The van der Waals surface area contributed by atoms with Crippen molar-refractivity contribution in [1.82, 2.24) is 5.32 Å². The fourth-order valence-corrected chi connectivity index (χ4v) is 1.36. The summed E-state index contributed by atoms with van der Waals surface area (Å²) in [4.78, 5) is 34.3. The Morgan fingerprint density at radius 3 is 2.42 bits per heavy atom. The predicted octanol–water partition coefficient (Wildman–Crippen LogP) is 0.936. The van der Waals surface area contributed by atoms with Gasteiger partial charge in [0.05, 0.1) is 12.7 Å². The van der Waals surface area contributed by atoms with Gasteiger partial charge < -0.3 is 15.4 Å². The standard InChI is InChI=1S/C13H16N2O4/c1-8(2)14-11(16)12(17)15-10-6-4-5-9(7-10)13(18)19-3/h4-8H,1-3H3,(H,14,16)(H,15,17). The quantitative estimate of drug-likeness (QED) is 0.628. The molecule has 1 aromatic carbocycles. The summed E-state index contributed by atoms with van der Waals surface area (Å²) in [7, 11) is 1.27. The molecule has 0 atom stereocenters. The first-order valence-corrected chi connectivity index (χ1v) is 5.74. The first-order chi connectivity index (χ1) is 8.93. The third-order valence-corrected chi connectivity index (χ3v) is 2.17. The minimum atomic E-state index is -0.782. The van der Waals surface area contributed by atoms with Gasteiger partial charge in [0.25, 0.3) is 0 Å². The van der Waals surface area contributed by atoms with Crippen LogP contribution in [0.25, 0.3) is 0 Å². The van der Waals surface area contributed by atoms with Crippen LogP contribution in [0.5, 0.6) is 0 Å². The van der Waals surface area contributed by atoms with E-state index < -0.39 is 17.8 Å². The van der Waals surface area contributed by atoms with Crippen LogP contribution in [0.15, 0.2) is 24.3 Å². The summed E-state index contributed by atoms with van der Waals surface area (Å²) >= 11 is 0. The van der Waals surface area contributed by atoms with Crippen LogP contribution in [-0.2, 0) is 14.3 Å². The van der Waals surface area contributed by atoms with Crippen LogP contribution in [0.1, 0.15) is 24.2 Å². The topological polar surface area (TPSA) is 84.5 Å². The largest absolute Gasteiger partial charge is 0.465 e. The minimum absolute atomic E-state index is 0.125. The third kappa shape index (κ3) is 4.42. The Labute approximate surface area is 111 Å². The molecule has 0 aliphatic rings. The third-order valence-electron chi connectivity index (χ3n) is 2.17. The Morgan fingerprint density at radius 2 is 1.84 bits per heavy atom. The molecule has 2 N–H and O–H groups in total. The Bertz CT molecular complexity index is 497. The molecule has 0 saturated heterocycles. The maximum Gasteiger partial charge on any atom is 0.337 e. The number of hydrogen-bond donors (Lipinski definition) is 2. The van der Waals surface area contributed by atoms with Crippen LogP contribution < -0.4 is 10.6 Å². The second-order valence-corrected chi connectivity index (χ2v) is 4.15.